The molecule has 0 spiro atoms. The minimum Gasteiger partial charge on any atom is -0.261 e. The first-order valence-electron chi connectivity index (χ1n) is 8.11. The molecule has 0 radical (unpaired) electrons. The summed E-state index contributed by atoms with van der Waals surface area (Å²) in [5.41, 5.74) is 6.40. The van der Waals surface area contributed by atoms with E-state index in [1.54, 1.807) is 0 Å². The Morgan fingerprint density at radius 1 is 0.750 bits per heavy atom. The predicted octanol–water partition coefficient (Wildman–Crippen LogP) is 5.58. The molecule has 4 rings (SSSR count). The molecule has 116 valence electrons. The summed E-state index contributed by atoms with van der Waals surface area (Å²) in [6, 6.07) is 23.1. The van der Waals surface area contributed by atoms with Crippen LogP contribution in [0.1, 0.15) is 11.3 Å². The number of hydrogen-bond acceptors (Lipinski definition) is 2. The lowest BCUT2D eigenvalue weighted by atomic mass is 10.0. The van der Waals surface area contributed by atoms with Crippen LogP contribution in [0.5, 0.6) is 0 Å². The van der Waals surface area contributed by atoms with Crippen LogP contribution in [0.15, 0.2) is 72.9 Å². The van der Waals surface area contributed by atoms with Crippen molar-refractivity contribution in [2.75, 3.05) is 0 Å². The van der Waals surface area contributed by atoms with Crippen molar-refractivity contribution in [2.45, 2.75) is 13.8 Å². The molecule has 0 saturated heterocycles. The van der Waals surface area contributed by atoms with Crippen molar-refractivity contribution in [1.29, 1.82) is 0 Å². The summed E-state index contributed by atoms with van der Waals surface area (Å²) in [4.78, 5) is 9.36. The predicted molar refractivity (Wildman–Crippen MR) is 99.9 cm³/mol. The second-order valence-corrected chi connectivity index (χ2v) is 6.06. The maximum atomic E-state index is 4.89. The maximum absolute atomic E-state index is 4.89. The topological polar surface area (TPSA) is 25.8 Å². The Morgan fingerprint density at radius 2 is 1.50 bits per heavy atom. The van der Waals surface area contributed by atoms with Gasteiger partial charge < -0.3 is 0 Å². The third-order valence-corrected chi connectivity index (χ3v) is 4.45. The van der Waals surface area contributed by atoms with Crippen molar-refractivity contribution in [3.05, 3.63) is 84.2 Å². The summed E-state index contributed by atoms with van der Waals surface area (Å²) in [6.07, 6.45) is 1.90. The van der Waals surface area contributed by atoms with Crippen LogP contribution in [0.3, 0.4) is 0 Å². The molecule has 0 amide bonds. The number of hydrogen-bond donors (Lipinski definition) is 0. The Balaban J connectivity index is 1.86. The molecule has 0 bridgehead atoms. The second kappa shape index (κ2) is 5.89. The van der Waals surface area contributed by atoms with Gasteiger partial charge in [0.05, 0.1) is 11.4 Å². The van der Waals surface area contributed by atoms with Gasteiger partial charge in [-0.3, -0.25) is 4.98 Å². The zero-order valence-corrected chi connectivity index (χ0v) is 13.8. The smallest absolute Gasteiger partial charge is 0.0725 e. The summed E-state index contributed by atoms with van der Waals surface area (Å²) in [5, 5.41) is 2.46. The van der Waals surface area contributed by atoms with Crippen molar-refractivity contribution in [3.8, 4) is 22.5 Å². The van der Waals surface area contributed by atoms with E-state index in [0.29, 0.717) is 0 Å². The highest BCUT2D eigenvalue weighted by Gasteiger charge is 2.07. The lowest BCUT2D eigenvalue weighted by molar-refractivity contribution is 1.15. The molecule has 2 aromatic carbocycles. The molecule has 2 heterocycles. The van der Waals surface area contributed by atoms with Gasteiger partial charge in [0.2, 0.25) is 0 Å². The average molecular weight is 310 g/mol. The summed E-state index contributed by atoms with van der Waals surface area (Å²) in [6.45, 7) is 4.11. The minimum absolute atomic E-state index is 0.955. The van der Waals surface area contributed by atoms with Gasteiger partial charge in [-0.1, -0.05) is 48.5 Å². The van der Waals surface area contributed by atoms with Crippen molar-refractivity contribution < 1.29 is 0 Å². The van der Waals surface area contributed by atoms with Gasteiger partial charge in [-0.15, -0.1) is 0 Å². The van der Waals surface area contributed by atoms with E-state index in [4.69, 9.17) is 4.98 Å². The molecule has 2 nitrogen and oxygen atoms in total. The van der Waals surface area contributed by atoms with Gasteiger partial charge in [0.25, 0.3) is 0 Å². The first kappa shape index (κ1) is 14.6. The van der Waals surface area contributed by atoms with Gasteiger partial charge in [-0.25, -0.2) is 4.98 Å². The van der Waals surface area contributed by atoms with E-state index >= 15 is 0 Å². The maximum Gasteiger partial charge on any atom is 0.0725 e. The van der Waals surface area contributed by atoms with Gasteiger partial charge in [0, 0.05) is 23.0 Å². The van der Waals surface area contributed by atoms with Crippen LogP contribution in [0.2, 0.25) is 0 Å². The lowest BCUT2D eigenvalue weighted by Gasteiger charge is -2.09. The quantitative estimate of drug-likeness (QED) is 0.483. The van der Waals surface area contributed by atoms with E-state index in [9.17, 15) is 0 Å². The Bertz CT molecular complexity index is 1030. The highest BCUT2D eigenvalue weighted by atomic mass is 14.7. The lowest BCUT2D eigenvalue weighted by Crippen LogP contribution is -1.92. The Morgan fingerprint density at radius 3 is 2.38 bits per heavy atom. The normalized spacial score (nSPS) is 10.9. The van der Waals surface area contributed by atoms with Crippen LogP contribution in [-0.4, -0.2) is 9.97 Å². The van der Waals surface area contributed by atoms with E-state index in [2.05, 4.69) is 72.6 Å². The molecule has 0 N–H and O–H groups in total. The summed E-state index contributed by atoms with van der Waals surface area (Å²) in [5.74, 6) is 0. The van der Waals surface area contributed by atoms with Crippen LogP contribution in [-0.2, 0) is 0 Å². The van der Waals surface area contributed by atoms with Crippen molar-refractivity contribution in [1.82, 2.24) is 9.97 Å². The first-order chi connectivity index (χ1) is 11.7. The van der Waals surface area contributed by atoms with E-state index in [1.807, 2.05) is 19.2 Å². The first-order valence-corrected chi connectivity index (χ1v) is 8.11. The molecule has 0 atom stereocenters. The molecular formula is C22H18N2. The number of benzene rings is 2. The number of pyridine rings is 2. The number of fused-ring (bicyclic) bond motifs is 1. The Labute approximate surface area is 141 Å². The number of aromatic nitrogens is 2. The van der Waals surface area contributed by atoms with E-state index in [1.165, 1.54) is 16.3 Å². The molecule has 4 aromatic rings. The third kappa shape index (κ3) is 2.56. The molecule has 0 saturated carbocycles. The van der Waals surface area contributed by atoms with E-state index in [-0.39, 0.29) is 0 Å². The largest absolute Gasteiger partial charge is 0.261 e. The molecule has 0 aliphatic carbocycles. The molecule has 2 aromatic heterocycles. The fourth-order valence-corrected chi connectivity index (χ4v) is 2.98. The highest BCUT2D eigenvalue weighted by Crippen LogP contribution is 2.29. The summed E-state index contributed by atoms with van der Waals surface area (Å²) >= 11 is 0. The summed E-state index contributed by atoms with van der Waals surface area (Å²) in [7, 11) is 0. The highest BCUT2D eigenvalue weighted by molar-refractivity contribution is 5.95. The average Bonchev–Trinajstić information content (AvgIpc) is 2.63. The number of nitrogens with zero attached hydrogens (tertiary/aromatic N) is 2. The van der Waals surface area contributed by atoms with E-state index in [0.717, 1.165) is 28.2 Å². The van der Waals surface area contributed by atoms with Crippen molar-refractivity contribution in [3.63, 3.8) is 0 Å². The summed E-state index contributed by atoms with van der Waals surface area (Å²) < 4.78 is 0. The van der Waals surface area contributed by atoms with Crippen LogP contribution in [0, 0.1) is 13.8 Å². The van der Waals surface area contributed by atoms with Gasteiger partial charge in [0.15, 0.2) is 0 Å². The van der Waals surface area contributed by atoms with Crippen molar-refractivity contribution >= 4 is 10.8 Å². The zero-order valence-electron chi connectivity index (χ0n) is 13.8. The zero-order chi connectivity index (χ0) is 16.5. The molecule has 0 aliphatic heterocycles. The SMILES string of the molecule is Cc1cc(-c2cccc(-c3cccc4ccccc34)n2)cnc1C. The van der Waals surface area contributed by atoms with Crippen LogP contribution < -0.4 is 0 Å². The third-order valence-electron chi connectivity index (χ3n) is 4.45. The Kier molecular flexibility index (Phi) is 3.58. The van der Waals surface area contributed by atoms with Crippen LogP contribution >= 0.6 is 0 Å². The molecule has 2 heteroatoms. The molecule has 0 unspecified atom stereocenters. The molecule has 24 heavy (non-hydrogen) atoms. The number of aryl methyl sites for hydroxylation is 2. The minimum atomic E-state index is 0.955. The molecule has 0 fully saturated rings. The standard InChI is InChI=1S/C22H18N2/c1-15-13-18(14-23-16(15)2)21-11-6-12-22(24-21)20-10-5-8-17-7-3-4-9-19(17)20/h3-14H,1-2H3. The molecular weight excluding hydrogens is 292 g/mol. The molecule has 0 aliphatic rings. The van der Waals surface area contributed by atoms with Gasteiger partial charge in [-0.05, 0) is 48.4 Å². The van der Waals surface area contributed by atoms with Gasteiger partial charge in [-0.2, -0.15) is 0 Å². The monoisotopic (exact) mass is 310 g/mol. The van der Waals surface area contributed by atoms with Crippen LogP contribution in [0.4, 0.5) is 0 Å². The van der Waals surface area contributed by atoms with E-state index < -0.39 is 0 Å². The van der Waals surface area contributed by atoms with Crippen LogP contribution in [0.25, 0.3) is 33.3 Å². The number of rotatable bonds is 2. The fraction of sp³-hybridized carbons (Fsp3) is 0.0909. The van der Waals surface area contributed by atoms with Crippen molar-refractivity contribution in [2.24, 2.45) is 0 Å². The van der Waals surface area contributed by atoms with Gasteiger partial charge in [0.1, 0.15) is 0 Å². The Hall–Kier alpha value is -3.00. The fourth-order valence-electron chi connectivity index (χ4n) is 2.98. The van der Waals surface area contributed by atoms with Gasteiger partial charge >= 0.3 is 0 Å². The second-order valence-electron chi connectivity index (χ2n) is 6.06.